The van der Waals surface area contributed by atoms with Crippen LogP contribution in [0.25, 0.3) is 10.2 Å². The molecule has 1 aromatic carbocycles. The maximum absolute atomic E-state index is 12.0. The molecule has 4 rings (SSSR count). The molecule has 0 aliphatic heterocycles. The molecule has 0 atom stereocenters. The molecule has 1 N–H and O–H groups in total. The van der Waals surface area contributed by atoms with Crippen LogP contribution in [0.3, 0.4) is 0 Å². The fourth-order valence-electron chi connectivity index (χ4n) is 2.62. The molecule has 2 aromatic rings. The zero-order chi connectivity index (χ0) is 14.2. The molecule has 21 heavy (non-hydrogen) atoms. The molecule has 0 spiro atoms. The van der Waals surface area contributed by atoms with Crippen molar-refractivity contribution in [2.24, 2.45) is 5.92 Å². The van der Waals surface area contributed by atoms with Gasteiger partial charge in [-0.1, -0.05) is 23.8 Å². The van der Waals surface area contributed by atoms with E-state index in [-0.39, 0.29) is 11.8 Å². The summed E-state index contributed by atoms with van der Waals surface area (Å²) < 4.78 is 7.05. The van der Waals surface area contributed by atoms with Gasteiger partial charge in [0.1, 0.15) is 5.75 Å². The highest BCUT2D eigenvalue weighted by atomic mass is 32.1. The zero-order valence-electron chi connectivity index (χ0n) is 11.8. The Bertz CT molecular complexity index is 674. The third kappa shape index (κ3) is 2.50. The van der Waals surface area contributed by atoms with E-state index in [9.17, 15) is 4.79 Å². The molecular weight excluding hydrogens is 284 g/mol. The van der Waals surface area contributed by atoms with Gasteiger partial charge in [-0.2, -0.15) is 0 Å². The summed E-state index contributed by atoms with van der Waals surface area (Å²) >= 11 is 1.51. The van der Waals surface area contributed by atoms with Gasteiger partial charge in [0.15, 0.2) is 5.13 Å². The van der Waals surface area contributed by atoms with Gasteiger partial charge < -0.3 is 10.1 Å². The first-order valence-corrected chi connectivity index (χ1v) is 8.48. The van der Waals surface area contributed by atoms with Gasteiger partial charge in [0.05, 0.1) is 16.3 Å². The number of rotatable bonds is 4. The fourth-order valence-corrected chi connectivity index (χ4v) is 3.54. The molecule has 0 bridgehead atoms. The Balaban J connectivity index is 1.56. The van der Waals surface area contributed by atoms with Gasteiger partial charge in [0.2, 0.25) is 5.91 Å². The molecular formula is C16H18N2O2S. The van der Waals surface area contributed by atoms with Gasteiger partial charge in [0, 0.05) is 5.92 Å². The monoisotopic (exact) mass is 302 g/mol. The van der Waals surface area contributed by atoms with E-state index in [1.807, 2.05) is 18.2 Å². The molecule has 1 amide bonds. The second-order valence-corrected chi connectivity index (χ2v) is 6.91. The lowest BCUT2D eigenvalue weighted by atomic mass is 9.85. The number of hydrogen-bond donors (Lipinski definition) is 1. The first-order valence-electron chi connectivity index (χ1n) is 7.67. The van der Waals surface area contributed by atoms with Crippen LogP contribution in [0, 0.1) is 5.92 Å². The number of nitrogens with one attached hydrogen (secondary N) is 1. The topological polar surface area (TPSA) is 51.2 Å². The quantitative estimate of drug-likeness (QED) is 0.930. The second-order valence-electron chi connectivity index (χ2n) is 5.91. The SMILES string of the molecule is O=C(Nc1nc2cccc(OC3CCC3)c2s1)C1CCC1. The number of fused-ring (bicyclic) bond motifs is 1. The molecule has 0 unspecified atom stereocenters. The minimum absolute atomic E-state index is 0.113. The van der Waals surface area contributed by atoms with Crippen molar-refractivity contribution in [2.45, 2.75) is 44.6 Å². The number of thiazole rings is 1. The van der Waals surface area contributed by atoms with Crippen molar-refractivity contribution < 1.29 is 9.53 Å². The van der Waals surface area contributed by atoms with Crippen LogP contribution in [0.1, 0.15) is 38.5 Å². The molecule has 1 aromatic heterocycles. The summed E-state index contributed by atoms with van der Waals surface area (Å²) in [5, 5.41) is 3.64. The minimum Gasteiger partial charge on any atom is -0.489 e. The lowest BCUT2D eigenvalue weighted by Crippen LogP contribution is -2.27. The lowest BCUT2D eigenvalue weighted by Gasteiger charge is -2.26. The number of ether oxygens (including phenoxy) is 1. The summed E-state index contributed by atoms with van der Waals surface area (Å²) in [5.41, 5.74) is 0.903. The molecule has 0 saturated heterocycles. The number of aromatic nitrogens is 1. The number of hydrogen-bond acceptors (Lipinski definition) is 4. The highest BCUT2D eigenvalue weighted by Crippen LogP contribution is 2.37. The lowest BCUT2D eigenvalue weighted by molar-refractivity contribution is -0.122. The largest absolute Gasteiger partial charge is 0.489 e. The molecule has 2 aliphatic rings. The van der Waals surface area contributed by atoms with Crippen LogP contribution in [0.4, 0.5) is 5.13 Å². The summed E-state index contributed by atoms with van der Waals surface area (Å²) in [6.45, 7) is 0. The fraction of sp³-hybridized carbons (Fsp3) is 0.500. The summed E-state index contributed by atoms with van der Waals surface area (Å²) in [5.74, 6) is 1.20. The smallest absolute Gasteiger partial charge is 0.229 e. The van der Waals surface area contributed by atoms with Crippen LogP contribution in [0.15, 0.2) is 18.2 Å². The Morgan fingerprint density at radius 3 is 2.71 bits per heavy atom. The van der Waals surface area contributed by atoms with Crippen LogP contribution in [-0.4, -0.2) is 17.0 Å². The van der Waals surface area contributed by atoms with Gasteiger partial charge in [-0.3, -0.25) is 4.79 Å². The summed E-state index contributed by atoms with van der Waals surface area (Å²) in [6, 6.07) is 5.93. The first kappa shape index (κ1) is 13.1. The van der Waals surface area contributed by atoms with Crippen molar-refractivity contribution in [1.82, 2.24) is 4.98 Å². The average Bonchev–Trinajstić information content (AvgIpc) is 2.74. The molecule has 2 aliphatic carbocycles. The van der Waals surface area contributed by atoms with Crippen molar-refractivity contribution in [2.75, 3.05) is 5.32 Å². The van der Waals surface area contributed by atoms with E-state index >= 15 is 0 Å². The third-order valence-corrected chi connectivity index (χ3v) is 5.43. The van der Waals surface area contributed by atoms with Gasteiger partial charge in [0.25, 0.3) is 0 Å². The predicted octanol–water partition coefficient (Wildman–Crippen LogP) is 3.97. The Hall–Kier alpha value is -1.62. The number of benzene rings is 1. The van der Waals surface area contributed by atoms with Gasteiger partial charge in [-0.15, -0.1) is 0 Å². The number of carbonyl (C=O) groups excluding carboxylic acids is 1. The van der Waals surface area contributed by atoms with Gasteiger partial charge in [-0.05, 0) is 44.2 Å². The maximum atomic E-state index is 12.0. The van der Waals surface area contributed by atoms with E-state index in [2.05, 4.69) is 10.3 Å². The molecule has 4 nitrogen and oxygen atoms in total. The van der Waals surface area contributed by atoms with Gasteiger partial charge >= 0.3 is 0 Å². The minimum atomic E-state index is 0.113. The van der Waals surface area contributed by atoms with Crippen LogP contribution in [0.2, 0.25) is 0 Å². The summed E-state index contributed by atoms with van der Waals surface area (Å²) in [4.78, 5) is 16.5. The molecule has 2 saturated carbocycles. The van der Waals surface area contributed by atoms with Crippen molar-refractivity contribution in [3.63, 3.8) is 0 Å². The molecule has 1 heterocycles. The third-order valence-electron chi connectivity index (χ3n) is 4.43. The Morgan fingerprint density at radius 1 is 1.24 bits per heavy atom. The predicted molar refractivity (Wildman–Crippen MR) is 83.9 cm³/mol. The number of nitrogens with zero attached hydrogens (tertiary/aromatic N) is 1. The molecule has 5 heteroatoms. The van der Waals surface area contributed by atoms with Crippen LogP contribution in [-0.2, 0) is 4.79 Å². The van der Waals surface area contributed by atoms with Crippen molar-refractivity contribution in [1.29, 1.82) is 0 Å². The number of amides is 1. The second kappa shape index (κ2) is 5.30. The molecule has 0 radical (unpaired) electrons. The van der Waals surface area contributed by atoms with E-state index in [0.717, 1.165) is 48.1 Å². The highest BCUT2D eigenvalue weighted by Gasteiger charge is 2.26. The normalized spacial score (nSPS) is 19.0. The number of carbonyl (C=O) groups is 1. The van der Waals surface area contributed by atoms with E-state index in [1.165, 1.54) is 17.8 Å². The van der Waals surface area contributed by atoms with Crippen LogP contribution in [0.5, 0.6) is 5.75 Å². The summed E-state index contributed by atoms with van der Waals surface area (Å²) in [7, 11) is 0. The van der Waals surface area contributed by atoms with Crippen LogP contribution >= 0.6 is 11.3 Å². The van der Waals surface area contributed by atoms with Crippen LogP contribution < -0.4 is 10.1 Å². The highest BCUT2D eigenvalue weighted by molar-refractivity contribution is 7.22. The standard InChI is InChI=1S/C16H18N2O2S/c19-15(10-4-1-5-10)18-16-17-12-8-3-9-13(14(12)21-16)20-11-6-2-7-11/h3,8-11H,1-2,4-7H2,(H,17,18,19). The van der Waals surface area contributed by atoms with E-state index in [1.54, 1.807) is 0 Å². The zero-order valence-corrected chi connectivity index (χ0v) is 12.6. The van der Waals surface area contributed by atoms with Crippen molar-refractivity contribution in [3.05, 3.63) is 18.2 Å². The molecule has 110 valence electrons. The Morgan fingerprint density at radius 2 is 2.05 bits per heavy atom. The Labute approximate surface area is 127 Å². The van der Waals surface area contributed by atoms with E-state index < -0.39 is 0 Å². The first-order chi connectivity index (χ1) is 10.3. The van der Waals surface area contributed by atoms with E-state index in [4.69, 9.17) is 4.74 Å². The summed E-state index contributed by atoms with van der Waals surface area (Å²) in [6.07, 6.45) is 7.06. The maximum Gasteiger partial charge on any atom is 0.229 e. The number of anilines is 1. The van der Waals surface area contributed by atoms with Crippen molar-refractivity contribution in [3.8, 4) is 5.75 Å². The average molecular weight is 302 g/mol. The Kier molecular flexibility index (Phi) is 3.30. The van der Waals surface area contributed by atoms with Crippen molar-refractivity contribution >= 4 is 32.6 Å². The molecule has 2 fully saturated rings. The van der Waals surface area contributed by atoms with Gasteiger partial charge in [-0.25, -0.2) is 4.98 Å². The van der Waals surface area contributed by atoms with E-state index in [0.29, 0.717) is 11.2 Å².